The first kappa shape index (κ1) is 18.2. The molecule has 2 aliphatic rings. The quantitative estimate of drug-likeness (QED) is 0.430. The number of aliphatic imine (C=N–C) groups is 1. The summed E-state index contributed by atoms with van der Waals surface area (Å²) in [5, 5.41) is 22.9. The first-order valence-corrected chi connectivity index (χ1v) is 10.9. The summed E-state index contributed by atoms with van der Waals surface area (Å²) in [6.07, 6.45) is 4.42. The minimum Gasteiger partial charge on any atom is -0.506 e. The highest BCUT2D eigenvalue weighted by atomic mass is 32.1. The number of hydrogen-bond donors (Lipinski definition) is 4. The fourth-order valence-electron chi connectivity index (χ4n) is 3.84. The van der Waals surface area contributed by atoms with Crippen LogP contribution >= 0.6 is 11.3 Å². The van der Waals surface area contributed by atoms with Gasteiger partial charge in [-0.25, -0.2) is 4.99 Å². The third kappa shape index (κ3) is 3.50. The average molecular weight is 405 g/mol. The number of hydrogen-bond acceptors (Lipinski definition) is 6. The molecule has 1 fully saturated rings. The lowest BCUT2D eigenvalue weighted by molar-refractivity contribution is 0.474. The lowest BCUT2D eigenvalue weighted by Crippen LogP contribution is -2.38. The number of aromatic hydroxyl groups is 1. The normalized spacial score (nSPS) is 20.1. The molecule has 1 atom stereocenters. The summed E-state index contributed by atoms with van der Waals surface area (Å²) in [4.78, 5) is 6.00. The number of anilines is 2. The van der Waals surface area contributed by atoms with Crippen molar-refractivity contribution in [2.45, 2.75) is 25.0 Å². The molecule has 5 nitrogen and oxygen atoms in total. The van der Waals surface area contributed by atoms with Crippen molar-refractivity contribution in [2.75, 3.05) is 17.2 Å². The Bertz CT molecular complexity index is 1040. The Morgan fingerprint density at radius 3 is 2.79 bits per heavy atom. The molecule has 6 heteroatoms. The molecule has 0 spiro atoms. The topological polar surface area (TPSA) is 68.7 Å². The summed E-state index contributed by atoms with van der Waals surface area (Å²) in [6, 6.07) is 17.8. The van der Waals surface area contributed by atoms with Crippen LogP contribution in [-0.2, 0) is 12.2 Å². The van der Waals surface area contributed by atoms with E-state index in [1.54, 1.807) is 23.7 Å². The van der Waals surface area contributed by atoms with Gasteiger partial charge < -0.3 is 21.1 Å². The van der Waals surface area contributed by atoms with Crippen LogP contribution in [0.1, 0.15) is 28.8 Å². The van der Waals surface area contributed by atoms with Gasteiger partial charge in [-0.15, -0.1) is 11.3 Å². The molecule has 0 amide bonds. The third-order valence-electron chi connectivity index (χ3n) is 5.54. The Morgan fingerprint density at radius 2 is 1.93 bits per heavy atom. The molecule has 148 valence electrons. The Labute approximate surface area is 174 Å². The third-order valence-corrected chi connectivity index (χ3v) is 6.57. The van der Waals surface area contributed by atoms with E-state index in [2.05, 4.69) is 51.7 Å². The molecular weight excluding hydrogens is 380 g/mol. The molecular formula is C23H24N4OS. The van der Waals surface area contributed by atoms with Crippen molar-refractivity contribution in [1.29, 1.82) is 0 Å². The van der Waals surface area contributed by atoms with E-state index in [0.29, 0.717) is 5.69 Å². The Morgan fingerprint density at radius 1 is 1.10 bits per heavy atom. The van der Waals surface area contributed by atoms with Gasteiger partial charge in [-0.3, -0.25) is 0 Å². The summed E-state index contributed by atoms with van der Waals surface area (Å²) >= 11 is 1.66. The molecule has 29 heavy (non-hydrogen) atoms. The first-order chi connectivity index (χ1) is 14.3. The second-order valence-electron chi connectivity index (χ2n) is 7.65. The fraction of sp³-hybridized carbons (Fsp3) is 0.261. The smallest absolute Gasteiger partial charge is 0.195 e. The van der Waals surface area contributed by atoms with E-state index in [-0.39, 0.29) is 5.75 Å². The van der Waals surface area contributed by atoms with E-state index < -0.39 is 5.66 Å². The van der Waals surface area contributed by atoms with Gasteiger partial charge in [0.05, 0.1) is 22.6 Å². The number of rotatable bonds is 7. The van der Waals surface area contributed by atoms with Crippen LogP contribution < -0.4 is 16.0 Å². The number of fused-ring (bicyclic) bond motifs is 1. The summed E-state index contributed by atoms with van der Waals surface area (Å²) in [7, 11) is 0. The van der Waals surface area contributed by atoms with E-state index in [4.69, 9.17) is 4.99 Å². The highest BCUT2D eigenvalue weighted by Crippen LogP contribution is 2.45. The van der Waals surface area contributed by atoms with Crippen LogP contribution in [0.15, 0.2) is 65.0 Å². The molecule has 1 aliphatic carbocycles. The van der Waals surface area contributed by atoms with Crippen molar-refractivity contribution in [2.24, 2.45) is 10.9 Å². The Kier molecular flexibility index (Phi) is 4.73. The van der Waals surface area contributed by atoms with Crippen LogP contribution in [0.25, 0.3) is 0 Å². The minimum atomic E-state index is -0.800. The van der Waals surface area contributed by atoms with Crippen molar-refractivity contribution < 1.29 is 5.11 Å². The standard InChI is InChI=1S/C23H24N4OS/c28-21-8-4-3-7-19(21)27-23(22-20(11-12-29-22)25-15-26-23)18-6-2-1-5-17(18)14-24-13-16-9-10-16/h1-8,11-12,15-16,24,27-28H,9-10,13-14H2,(H,25,26). The second-order valence-corrected chi connectivity index (χ2v) is 8.57. The van der Waals surface area contributed by atoms with Crippen LogP contribution in [-0.4, -0.2) is 18.0 Å². The predicted octanol–water partition coefficient (Wildman–Crippen LogP) is 4.72. The number of phenols is 1. The molecule has 1 unspecified atom stereocenters. The van der Waals surface area contributed by atoms with Gasteiger partial charge in [0.15, 0.2) is 5.66 Å². The van der Waals surface area contributed by atoms with E-state index in [1.807, 2.05) is 18.2 Å². The van der Waals surface area contributed by atoms with E-state index in [0.717, 1.165) is 35.1 Å². The highest BCUT2D eigenvalue weighted by molar-refractivity contribution is 7.10. The molecule has 4 N–H and O–H groups in total. The molecule has 0 saturated heterocycles. The van der Waals surface area contributed by atoms with Gasteiger partial charge in [-0.1, -0.05) is 36.4 Å². The van der Waals surface area contributed by atoms with Gasteiger partial charge in [0.1, 0.15) is 5.75 Å². The molecule has 1 aliphatic heterocycles. The monoisotopic (exact) mass is 404 g/mol. The van der Waals surface area contributed by atoms with Crippen LogP contribution in [0.4, 0.5) is 11.4 Å². The van der Waals surface area contributed by atoms with Gasteiger partial charge in [0, 0.05) is 12.1 Å². The molecule has 2 heterocycles. The lowest BCUT2D eigenvalue weighted by atomic mass is 9.91. The number of para-hydroxylation sites is 2. The Balaban J connectivity index is 1.59. The van der Waals surface area contributed by atoms with Crippen LogP contribution in [0, 0.1) is 5.92 Å². The van der Waals surface area contributed by atoms with Crippen LogP contribution in [0.3, 0.4) is 0 Å². The number of benzene rings is 2. The zero-order valence-corrected chi connectivity index (χ0v) is 16.9. The van der Waals surface area contributed by atoms with E-state index >= 15 is 0 Å². The zero-order valence-electron chi connectivity index (χ0n) is 16.1. The maximum absolute atomic E-state index is 10.4. The van der Waals surface area contributed by atoms with Crippen molar-refractivity contribution in [3.05, 3.63) is 76.0 Å². The van der Waals surface area contributed by atoms with Crippen molar-refractivity contribution in [3.63, 3.8) is 0 Å². The van der Waals surface area contributed by atoms with Gasteiger partial charge in [-0.05, 0) is 54.4 Å². The molecule has 2 aromatic carbocycles. The molecule has 3 aromatic rings. The predicted molar refractivity (Wildman–Crippen MR) is 120 cm³/mol. The van der Waals surface area contributed by atoms with Crippen molar-refractivity contribution in [3.8, 4) is 5.75 Å². The molecule has 1 aromatic heterocycles. The fourth-order valence-corrected chi connectivity index (χ4v) is 4.82. The zero-order chi connectivity index (χ0) is 19.7. The van der Waals surface area contributed by atoms with Crippen LogP contribution in [0.2, 0.25) is 0 Å². The SMILES string of the molecule is Oc1ccccc1NC1(c2ccccc2CNCC2CC2)N=CNc2ccsc21. The molecule has 5 rings (SSSR count). The van der Waals surface area contributed by atoms with Crippen molar-refractivity contribution >= 4 is 29.1 Å². The Hall–Kier alpha value is -2.83. The van der Waals surface area contributed by atoms with Gasteiger partial charge in [0.2, 0.25) is 0 Å². The largest absolute Gasteiger partial charge is 0.506 e. The number of nitrogens with zero attached hydrogens (tertiary/aromatic N) is 1. The van der Waals surface area contributed by atoms with Gasteiger partial charge >= 0.3 is 0 Å². The summed E-state index contributed by atoms with van der Waals surface area (Å²) in [5.74, 6) is 1.04. The molecule has 1 saturated carbocycles. The summed E-state index contributed by atoms with van der Waals surface area (Å²) in [6.45, 7) is 1.85. The van der Waals surface area contributed by atoms with E-state index in [9.17, 15) is 5.11 Å². The first-order valence-electron chi connectivity index (χ1n) is 10.00. The summed E-state index contributed by atoms with van der Waals surface area (Å²) in [5.41, 5.74) is 3.19. The lowest BCUT2D eigenvalue weighted by Gasteiger charge is -2.36. The number of thiophene rings is 1. The minimum absolute atomic E-state index is 0.211. The maximum Gasteiger partial charge on any atom is 0.195 e. The summed E-state index contributed by atoms with van der Waals surface area (Å²) < 4.78 is 0. The number of nitrogens with one attached hydrogen (secondary N) is 3. The number of phenolic OH excluding ortho intramolecular Hbond substituents is 1. The molecule has 0 radical (unpaired) electrons. The van der Waals surface area contributed by atoms with Gasteiger partial charge in [-0.2, -0.15) is 0 Å². The highest BCUT2D eigenvalue weighted by Gasteiger charge is 2.40. The molecule has 0 bridgehead atoms. The van der Waals surface area contributed by atoms with E-state index in [1.165, 1.54) is 18.4 Å². The van der Waals surface area contributed by atoms with Crippen molar-refractivity contribution in [1.82, 2.24) is 5.32 Å². The average Bonchev–Trinajstić information content (AvgIpc) is 3.43. The van der Waals surface area contributed by atoms with Crippen LogP contribution in [0.5, 0.6) is 5.75 Å². The maximum atomic E-state index is 10.4. The van der Waals surface area contributed by atoms with Gasteiger partial charge in [0.25, 0.3) is 0 Å². The second kappa shape index (κ2) is 7.54.